The third kappa shape index (κ3) is 6.14. The number of ether oxygens (including phenoxy) is 2. The van der Waals surface area contributed by atoms with Gasteiger partial charge in [-0.1, -0.05) is 66.2 Å². The first-order chi connectivity index (χ1) is 13.7. The van der Waals surface area contributed by atoms with Gasteiger partial charge in [0.05, 0.1) is 11.2 Å². The molecular weight excluding hydrogens is 376 g/mol. The predicted octanol–water partition coefficient (Wildman–Crippen LogP) is 4.45. The number of nitrogens with one attached hydrogen (secondary N) is 1. The Bertz CT molecular complexity index is 945. The minimum atomic E-state index is -0.382. The van der Waals surface area contributed by atoms with Crippen LogP contribution in [0.25, 0.3) is 0 Å². The molecule has 0 atom stereocenters. The second-order valence-corrected chi connectivity index (χ2v) is 6.27. The lowest BCUT2D eigenvalue weighted by Gasteiger charge is -2.07. The Kier molecular flexibility index (Phi) is 7.04. The molecule has 3 aromatic rings. The molecule has 1 N–H and O–H groups in total. The third-order valence-corrected chi connectivity index (χ3v) is 4.02. The summed E-state index contributed by atoms with van der Waals surface area (Å²) in [6.45, 7) is 0.304. The van der Waals surface area contributed by atoms with Crippen LogP contribution in [-0.4, -0.2) is 18.7 Å². The molecule has 0 aromatic heterocycles. The minimum absolute atomic E-state index is 0.179. The van der Waals surface area contributed by atoms with Crippen molar-refractivity contribution in [3.8, 4) is 11.5 Å². The molecule has 0 aliphatic carbocycles. The van der Waals surface area contributed by atoms with Crippen molar-refractivity contribution in [1.82, 2.24) is 5.43 Å². The summed E-state index contributed by atoms with van der Waals surface area (Å²) in [5, 5.41) is 4.39. The number of benzene rings is 3. The zero-order valence-corrected chi connectivity index (χ0v) is 15.8. The van der Waals surface area contributed by atoms with Crippen LogP contribution in [0.2, 0.25) is 5.02 Å². The normalized spacial score (nSPS) is 10.6. The number of hydrogen-bond acceptors (Lipinski definition) is 4. The maximum Gasteiger partial charge on any atom is 0.277 e. The van der Waals surface area contributed by atoms with E-state index < -0.39 is 0 Å². The molecule has 0 saturated heterocycles. The zero-order valence-electron chi connectivity index (χ0n) is 15.0. The highest BCUT2D eigenvalue weighted by Gasteiger charge is 2.04. The summed E-state index contributed by atoms with van der Waals surface area (Å²) < 4.78 is 11.1. The lowest BCUT2D eigenvalue weighted by molar-refractivity contribution is -0.123. The summed E-state index contributed by atoms with van der Waals surface area (Å²) in [5.74, 6) is 0.792. The summed E-state index contributed by atoms with van der Waals surface area (Å²) in [4.78, 5) is 11.8. The summed E-state index contributed by atoms with van der Waals surface area (Å²) in [6.07, 6.45) is 1.54. The molecule has 142 valence electrons. The molecule has 6 heteroatoms. The van der Waals surface area contributed by atoms with E-state index in [2.05, 4.69) is 10.5 Å². The fourth-order valence-corrected chi connectivity index (χ4v) is 2.53. The number of halogens is 1. The highest BCUT2D eigenvalue weighted by molar-refractivity contribution is 6.32. The van der Waals surface area contributed by atoms with Crippen molar-refractivity contribution in [2.24, 2.45) is 5.10 Å². The Balaban J connectivity index is 1.47. The van der Waals surface area contributed by atoms with Gasteiger partial charge in [-0.05, 0) is 35.4 Å². The molecule has 0 aliphatic heterocycles. The number of carbonyl (C=O) groups is 1. The van der Waals surface area contributed by atoms with Gasteiger partial charge < -0.3 is 9.47 Å². The highest BCUT2D eigenvalue weighted by atomic mass is 35.5. The van der Waals surface area contributed by atoms with Crippen LogP contribution in [0.4, 0.5) is 0 Å². The average Bonchev–Trinajstić information content (AvgIpc) is 2.73. The van der Waals surface area contributed by atoms with E-state index in [1.807, 2.05) is 54.6 Å². The van der Waals surface area contributed by atoms with Crippen LogP contribution >= 0.6 is 11.6 Å². The second-order valence-electron chi connectivity index (χ2n) is 5.86. The largest absolute Gasteiger partial charge is 0.489 e. The highest BCUT2D eigenvalue weighted by Crippen LogP contribution is 2.22. The van der Waals surface area contributed by atoms with Crippen LogP contribution < -0.4 is 14.9 Å². The molecule has 0 heterocycles. The first-order valence-corrected chi connectivity index (χ1v) is 9.04. The molecule has 0 saturated carbocycles. The summed E-state index contributed by atoms with van der Waals surface area (Å²) >= 11 is 5.97. The summed E-state index contributed by atoms with van der Waals surface area (Å²) in [5.41, 5.74) is 4.31. The lowest BCUT2D eigenvalue weighted by atomic mass is 10.2. The van der Waals surface area contributed by atoms with Crippen LogP contribution in [0, 0.1) is 0 Å². The zero-order chi connectivity index (χ0) is 19.6. The molecule has 0 unspecified atom stereocenters. The van der Waals surface area contributed by atoms with Crippen molar-refractivity contribution < 1.29 is 14.3 Å². The quantitative estimate of drug-likeness (QED) is 0.453. The molecule has 3 aromatic carbocycles. The SMILES string of the molecule is O=C(COc1ccccc1Cl)NN=Cc1cccc(OCc2ccccc2)c1. The van der Waals surface area contributed by atoms with Crippen LogP contribution in [0.3, 0.4) is 0 Å². The molecule has 0 fully saturated rings. The van der Waals surface area contributed by atoms with E-state index in [1.165, 1.54) is 0 Å². The Hall–Kier alpha value is -3.31. The Morgan fingerprint density at radius 2 is 1.75 bits per heavy atom. The maximum absolute atomic E-state index is 11.8. The lowest BCUT2D eigenvalue weighted by Crippen LogP contribution is -2.24. The number of carbonyl (C=O) groups excluding carboxylic acids is 1. The molecule has 0 aliphatic rings. The molecular formula is C22H19ClN2O3. The van der Waals surface area contributed by atoms with Crippen molar-refractivity contribution in [3.63, 3.8) is 0 Å². The minimum Gasteiger partial charge on any atom is -0.489 e. The standard InChI is InChI=1S/C22H19ClN2O3/c23-20-11-4-5-12-21(20)28-16-22(26)25-24-14-18-9-6-10-19(13-18)27-15-17-7-2-1-3-8-17/h1-14H,15-16H2,(H,25,26). The number of rotatable bonds is 8. The molecule has 28 heavy (non-hydrogen) atoms. The number of hydrogen-bond donors (Lipinski definition) is 1. The molecule has 1 amide bonds. The molecule has 3 rings (SSSR count). The van der Waals surface area contributed by atoms with E-state index in [1.54, 1.807) is 30.5 Å². The smallest absolute Gasteiger partial charge is 0.277 e. The van der Waals surface area contributed by atoms with Gasteiger partial charge in [0, 0.05) is 0 Å². The molecule has 0 radical (unpaired) electrons. The number of para-hydroxylation sites is 1. The Morgan fingerprint density at radius 1 is 0.964 bits per heavy atom. The topological polar surface area (TPSA) is 59.9 Å². The fraction of sp³-hybridized carbons (Fsp3) is 0.0909. The number of nitrogens with zero attached hydrogens (tertiary/aromatic N) is 1. The van der Waals surface area contributed by atoms with Crippen molar-refractivity contribution in [2.75, 3.05) is 6.61 Å². The van der Waals surface area contributed by atoms with Gasteiger partial charge in [0.1, 0.15) is 18.1 Å². The van der Waals surface area contributed by atoms with E-state index in [0.29, 0.717) is 17.4 Å². The Morgan fingerprint density at radius 3 is 2.57 bits per heavy atom. The van der Waals surface area contributed by atoms with Crippen LogP contribution in [0.15, 0.2) is 84.0 Å². The number of amides is 1. The first-order valence-electron chi connectivity index (χ1n) is 8.67. The summed E-state index contributed by atoms with van der Waals surface area (Å²) in [6, 6.07) is 24.3. The fourth-order valence-electron chi connectivity index (χ4n) is 2.34. The molecule has 0 bridgehead atoms. The third-order valence-electron chi connectivity index (χ3n) is 3.70. The van der Waals surface area contributed by atoms with E-state index in [4.69, 9.17) is 21.1 Å². The number of hydrazone groups is 1. The predicted molar refractivity (Wildman–Crippen MR) is 110 cm³/mol. The van der Waals surface area contributed by atoms with E-state index in [0.717, 1.165) is 16.9 Å². The Labute approximate surface area is 168 Å². The van der Waals surface area contributed by atoms with Gasteiger partial charge in [0.25, 0.3) is 5.91 Å². The maximum atomic E-state index is 11.8. The van der Waals surface area contributed by atoms with Gasteiger partial charge in [-0.2, -0.15) is 5.10 Å². The van der Waals surface area contributed by atoms with E-state index >= 15 is 0 Å². The van der Waals surface area contributed by atoms with Gasteiger partial charge in [-0.25, -0.2) is 5.43 Å². The van der Waals surface area contributed by atoms with Gasteiger partial charge in [-0.3, -0.25) is 4.79 Å². The van der Waals surface area contributed by atoms with Gasteiger partial charge >= 0.3 is 0 Å². The molecule has 0 spiro atoms. The van der Waals surface area contributed by atoms with Crippen LogP contribution in [-0.2, 0) is 11.4 Å². The monoisotopic (exact) mass is 394 g/mol. The average molecular weight is 395 g/mol. The van der Waals surface area contributed by atoms with Crippen molar-refractivity contribution in [3.05, 3.63) is 95.0 Å². The van der Waals surface area contributed by atoms with Gasteiger partial charge in [-0.15, -0.1) is 0 Å². The van der Waals surface area contributed by atoms with Gasteiger partial charge in [0.2, 0.25) is 0 Å². The van der Waals surface area contributed by atoms with Gasteiger partial charge in [0.15, 0.2) is 6.61 Å². The summed E-state index contributed by atoms with van der Waals surface area (Å²) in [7, 11) is 0. The van der Waals surface area contributed by atoms with E-state index in [-0.39, 0.29) is 12.5 Å². The van der Waals surface area contributed by atoms with Crippen molar-refractivity contribution in [2.45, 2.75) is 6.61 Å². The van der Waals surface area contributed by atoms with Crippen LogP contribution in [0.5, 0.6) is 11.5 Å². The van der Waals surface area contributed by atoms with Crippen molar-refractivity contribution in [1.29, 1.82) is 0 Å². The van der Waals surface area contributed by atoms with Crippen molar-refractivity contribution >= 4 is 23.7 Å². The van der Waals surface area contributed by atoms with Crippen LogP contribution in [0.1, 0.15) is 11.1 Å². The second kappa shape index (κ2) is 10.1. The molecule has 5 nitrogen and oxygen atoms in total. The first kappa shape index (κ1) is 19.5. The van der Waals surface area contributed by atoms with E-state index in [9.17, 15) is 4.79 Å².